The van der Waals surface area contributed by atoms with Crippen molar-refractivity contribution in [1.29, 1.82) is 0 Å². The van der Waals surface area contributed by atoms with E-state index < -0.39 is 5.82 Å². The molecule has 0 radical (unpaired) electrons. The summed E-state index contributed by atoms with van der Waals surface area (Å²) in [6.07, 6.45) is 6.93. The van der Waals surface area contributed by atoms with Gasteiger partial charge in [-0.05, 0) is 74.0 Å². The summed E-state index contributed by atoms with van der Waals surface area (Å²) in [6.45, 7) is 8.72. The largest absolute Gasteiger partial charge is 0.491 e. The van der Waals surface area contributed by atoms with E-state index in [1.165, 1.54) is 31.7 Å². The second-order valence-corrected chi connectivity index (χ2v) is 10.0. The Hall–Kier alpha value is -4.40. The van der Waals surface area contributed by atoms with E-state index >= 15 is 0 Å². The van der Waals surface area contributed by atoms with E-state index in [9.17, 15) is 9.18 Å². The summed E-state index contributed by atoms with van der Waals surface area (Å²) in [7, 11) is 1.92. The smallest absolute Gasteiger partial charge is 0.333 e. The van der Waals surface area contributed by atoms with Crippen molar-refractivity contribution in [2.24, 2.45) is 20.5 Å². The standard InChI is InChI=1S/C33H40FN5O3/c1-5-6-7-8-9-10-22-41-32-20-17-29(24-31(32)34)38-37-27-13-11-26(12-14-27)35-36-28-15-18-30(19-16-28)39(4)21-23-42-33(40)25(2)3/h11-20,24H,2,5-10,21-23H2,1,3-4H3. The van der Waals surface area contributed by atoms with Gasteiger partial charge in [0.2, 0.25) is 0 Å². The van der Waals surface area contributed by atoms with Crippen LogP contribution in [-0.2, 0) is 9.53 Å². The Kier molecular flexibility index (Phi) is 13.3. The van der Waals surface area contributed by atoms with E-state index in [1.807, 2.05) is 36.2 Å². The third kappa shape index (κ3) is 11.2. The van der Waals surface area contributed by atoms with Crippen molar-refractivity contribution in [1.82, 2.24) is 0 Å². The van der Waals surface area contributed by atoms with Gasteiger partial charge >= 0.3 is 5.97 Å². The van der Waals surface area contributed by atoms with Gasteiger partial charge < -0.3 is 14.4 Å². The number of halogens is 1. The molecule has 0 bridgehead atoms. The van der Waals surface area contributed by atoms with Crippen molar-refractivity contribution < 1.29 is 18.7 Å². The number of anilines is 1. The number of carbonyl (C=O) groups excluding carboxylic acids is 1. The van der Waals surface area contributed by atoms with Gasteiger partial charge in [-0.1, -0.05) is 45.6 Å². The lowest BCUT2D eigenvalue weighted by Crippen LogP contribution is -2.23. The number of ether oxygens (including phenoxy) is 2. The fourth-order valence-corrected chi connectivity index (χ4v) is 3.85. The van der Waals surface area contributed by atoms with Gasteiger partial charge in [0, 0.05) is 24.4 Å². The zero-order chi connectivity index (χ0) is 30.2. The SMILES string of the molecule is C=C(C)C(=O)OCCN(C)c1ccc(N=Nc2ccc(N=Nc3ccc(OCCCCCCCC)c(F)c3)cc2)cc1. The first-order valence-corrected chi connectivity index (χ1v) is 14.4. The van der Waals surface area contributed by atoms with E-state index in [0.717, 1.165) is 18.5 Å². The summed E-state index contributed by atoms with van der Waals surface area (Å²) in [5.41, 5.74) is 3.72. The first-order chi connectivity index (χ1) is 20.4. The summed E-state index contributed by atoms with van der Waals surface area (Å²) in [6, 6.07) is 19.3. The molecular formula is C33H40FN5O3. The fraction of sp³-hybridized carbons (Fsp3) is 0.364. The van der Waals surface area contributed by atoms with Gasteiger partial charge in [0.05, 0.1) is 35.9 Å². The van der Waals surface area contributed by atoms with Crippen molar-refractivity contribution in [3.63, 3.8) is 0 Å². The predicted molar refractivity (Wildman–Crippen MR) is 166 cm³/mol. The maximum absolute atomic E-state index is 14.4. The second-order valence-electron chi connectivity index (χ2n) is 10.0. The van der Waals surface area contributed by atoms with Crippen molar-refractivity contribution >= 4 is 34.4 Å². The number of rotatable bonds is 17. The molecule has 0 unspecified atom stereocenters. The van der Waals surface area contributed by atoms with E-state index in [0.29, 0.717) is 41.5 Å². The number of hydrogen-bond acceptors (Lipinski definition) is 8. The summed E-state index contributed by atoms with van der Waals surface area (Å²) in [4.78, 5) is 13.5. The zero-order valence-electron chi connectivity index (χ0n) is 24.8. The van der Waals surface area contributed by atoms with Crippen molar-refractivity contribution in [3.05, 3.63) is 84.7 Å². The Balaban J connectivity index is 1.45. The van der Waals surface area contributed by atoms with Crippen LogP contribution in [0.25, 0.3) is 0 Å². The highest BCUT2D eigenvalue weighted by molar-refractivity contribution is 5.86. The first kappa shape index (κ1) is 32.1. The summed E-state index contributed by atoms with van der Waals surface area (Å²) in [5.74, 6) is -0.600. The third-order valence-corrected chi connectivity index (χ3v) is 6.38. The molecule has 0 heterocycles. The Bertz CT molecular complexity index is 1340. The van der Waals surface area contributed by atoms with Crippen LogP contribution in [0.2, 0.25) is 0 Å². The van der Waals surface area contributed by atoms with Crippen LogP contribution < -0.4 is 9.64 Å². The van der Waals surface area contributed by atoms with Crippen molar-refractivity contribution in [2.45, 2.75) is 52.4 Å². The second kappa shape index (κ2) is 17.4. The monoisotopic (exact) mass is 573 g/mol. The fourth-order valence-electron chi connectivity index (χ4n) is 3.85. The summed E-state index contributed by atoms with van der Waals surface area (Å²) in [5, 5.41) is 16.9. The number of likely N-dealkylation sites (N-methyl/N-ethyl adjacent to an activating group) is 1. The lowest BCUT2D eigenvalue weighted by Gasteiger charge is -2.19. The molecule has 0 aliphatic heterocycles. The maximum atomic E-state index is 14.4. The van der Waals surface area contributed by atoms with E-state index in [1.54, 1.807) is 43.3 Å². The molecule has 3 aromatic rings. The molecule has 0 aliphatic carbocycles. The Morgan fingerprint density at radius 3 is 1.88 bits per heavy atom. The van der Waals surface area contributed by atoms with Gasteiger partial charge in [-0.15, -0.1) is 0 Å². The lowest BCUT2D eigenvalue weighted by atomic mass is 10.1. The molecule has 0 N–H and O–H groups in total. The van der Waals surface area contributed by atoms with Crippen LogP contribution in [0.3, 0.4) is 0 Å². The average molecular weight is 574 g/mol. The molecule has 0 amide bonds. The number of carbonyl (C=O) groups is 1. The minimum absolute atomic E-state index is 0.237. The van der Waals surface area contributed by atoms with Crippen LogP contribution >= 0.6 is 0 Å². The molecule has 0 spiro atoms. The molecule has 0 aromatic heterocycles. The Morgan fingerprint density at radius 1 is 0.786 bits per heavy atom. The minimum atomic E-state index is -0.447. The van der Waals surface area contributed by atoms with Gasteiger partial charge in [0.25, 0.3) is 0 Å². The van der Waals surface area contributed by atoms with Gasteiger partial charge in [-0.2, -0.15) is 20.5 Å². The number of azo groups is 2. The van der Waals surface area contributed by atoms with E-state index in [2.05, 4.69) is 34.0 Å². The Morgan fingerprint density at radius 2 is 1.31 bits per heavy atom. The van der Waals surface area contributed by atoms with Gasteiger partial charge in [-0.3, -0.25) is 0 Å². The van der Waals surface area contributed by atoms with Crippen molar-refractivity contribution in [3.8, 4) is 5.75 Å². The van der Waals surface area contributed by atoms with Crippen LogP contribution in [-0.4, -0.2) is 32.8 Å². The van der Waals surface area contributed by atoms with Crippen LogP contribution in [0.15, 0.2) is 99.3 Å². The normalized spacial score (nSPS) is 11.2. The van der Waals surface area contributed by atoms with Crippen LogP contribution in [0.1, 0.15) is 52.4 Å². The average Bonchev–Trinajstić information content (AvgIpc) is 3.00. The highest BCUT2D eigenvalue weighted by Gasteiger charge is 2.06. The number of unbranched alkanes of at least 4 members (excludes halogenated alkanes) is 5. The first-order valence-electron chi connectivity index (χ1n) is 14.4. The number of esters is 1. The molecule has 8 nitrogen and oxygen atoms in total. The van der Waals surface area contributed by atoms with Crippen molar-refractivity contribution in [2.75, 3.05) is 31.7 Å². The molecule has 9 heteroatoms. The molecule has 0 saturated heterocycles. The van der Waals surface area contributed by atoms with Gasteiger partial charge in [0.15, 0.2) is 11.6 Å². The molecule has 3 aromatic carbocycles. The topological polar surface area (TPSA) is 88.2 Å². The summed E-state index contributed by atoms with van der Waals surface area (Å²) >= 11 is 0. The third-order valence-electron chi connectivity index (χ3n) is 6.38. The van der Waals surface area contributed by atoms with Gasteiger partial charge in [0.1, 0.15) is 6.61 Å². The maximum Gasteiger partial charge on any atom is 0.333 e. The molecular weight excluding hydrogens is 533 g/mol. The van der Waals surface area contributed by atoms with Crippen LogP contribution in [0.5, 0.6) is 5.75 Å². The predicted octanol–water partition coefficient (Wildman–Crippen LogP) is 9.95. The Labute approximate surface area is 248 Å². The number of hydrogen-bond donors (Lipinski definition) is 0. The quantitative estimate of drug-likeness (QED) is 0.0696. The molecule has 0 fully saturated rings. The molecule has 222 valence electrons. The minimum Gasteiger partial charge on any atom is -0.491 e. The molecule has 3 rings (SSSR count). The van der Waals surface area contributed by atoms with Crippen LogP contribution in [0, 0.1) is 5.82 Å². The summed E-state index contributed by atoms with van der Waals surface area (Å²) < 4.78 is 25.1. The highest BCUT2D eigenvalue weighted by Crippen LogP contribution is 2.27. The lowest BCUT2D eigenvalue weighted by molar-refractivity contribution is -0.138. The van der Waals surface area contributed by atoms with E-state index in [4.69, 9.17) is 9.47 Å². The molecule has 0 saturated carbocycles. The van der Waals surface area contributed by atoms with E-state index in [-0.39, 0.29) is 18.3 Å². The zero-order valence-corrected chi connectivity index (χ0v) is 24.8. The molecule has 0 aliphatic rings. The highest BCUT2D eigenvalue weighted by atomic mass is 19.1. The van der Waals surface area contributed by atoms with Crippen LogP contribution in [0.4, 0.5) is 32.8 Å². The molecule has 0 atom stereocenters. The number of nitrogens with zero attached hydrogens (tertiary/aromatic N) is 5. The molecule has 42 heavy (non-hydrogen) atoms. The van der Waals surface area contributed by atoms with Gasteiger partial charge in [-0.25, -0.2) is 9.18 Å². The number of benzene rings is 3.